The number of ether oxygens (including phenoxy) is 2. The summed E-state index contributed by atoms with van der Waals surface area (Å²) in [6.45, 7) is 5.24. The Morgan fingerprint density at radius 3 is 1.35 bits per heavy atom. The Hall–Kier alpha value is -1.65. The fraction of sp³-hybridized carbons (Fsp3) is 0.809. The van der Waals surface area contributed by atoms with Gasteiger partial charge in [-0.1, -0.05) is 191 Å². The fourth-order valence-electron chi connectivity index (χ4n) is 6.34. The van der Waals surface area contributed by atoms with E-state index in [1.165, 1.54) is 161 Å². The Labute approximate surface area is 318 Å². The molecule has 0 radical (unpaired) electrons. The maximum absolute atomic E-state index is 12.2. The molecule has 0 saturated heterocycles. The molecule has 0 rings (SSSR count). The number of aliphatic hydroxyl groups excluding tert-OH is 1. The van der Waals surface area contributed by atoms with Crippen molar-refractivity contribution in [3.05, 3.63) is 48.6 Å². The summed E-state index contributed by atoms with van der Waals surface area (Å²) in [6.07, 6.45) is 57.5. The first-order valence-corrected chi connectivity index (χ1v) is 22.2. The molecule has 1 unspecified atom stereocenters. The van der Waals surface area contributed by atoms with Crippen LogP contribution in [0, 0.1) is 0 Å². The van der Waals surface area contributed by atoms with Crippen molar-refractivity contribution in [1.82, 2.24) is 0 Å². The van der Waals surface area contributed by atoms with Crippen molar-refractivity contribution in [2.45, 2.75) is 225 Å². The zero-order valence-electron chi connectivity index (χ0n) is 34.1. The third-order valence-electron chi connectivity index (χ3n) is 9.64. The van der Waals surface area contributed by atoms with Gasteiger partial charge in [-0.3, -0.25) is 4.79 Å². The highest BCUT2D eigenvalue weighted by molar-refractivity contribution is 5.69. The first-order chi connectivity index (χ1) is 25.2. The number of rotatable bonds is 41. The van der Waals surface area contributed by atoms with Gasteiger partial charge in [0, 0.05) is 13.0 Å². The Balaban J connectivity index is 3.42. The zero-order valence-corrected chi connectivity index (χ0v) is 34.1. The first kappa shape index (κ1) is 49.4. The standard InChI is InChI=1S/C47H86O4/c1-3-5-7-9-11-13-15-17-19-21-22-23-24-25-27-29-31-33-35-37-39-41-43-50-45-46(44-48)51-47(49)42-40-38-36-34-32-30-28-26-20-18-16-14-12-10-8-6-4-2/h6,8,12,14,18,20-22,46,48H,3-5,7,9-11,13,15-17,19,23-45H2,1-2H3/b8-6-,14-12-,20-18-,22-21-. The number of aliphatic hydroxyl groups is 1. The van der Waals surface area contributed by atoms with Crippen LogP contribution in [-0.4, -0.2) is 37.0 Å². The van der Waals surface area contributed by atoms with Gasteiger partial charge in [0.25, 0.3) is 0 Å². The average Bonchev–Trinajstić information content (AvgIpc) is 3.14. The summed E-state index contributed by atoms with van der Waals surface area (Å²) < 4.78 is 11.2. The molecular formula is C47H86O4. The Morgan fingerprint density at radius 2 is 0.882 bits per heavy atom. The van der Waals surface area contributed by atoms with Crippen LogP contribution in [0.3, 0.4) is 0 Å². The topological polar surface area (TPSA) is 55.8 Å². The molecular weight excluding hydrogens is 629 g/mol. The number of esters is 1. The lowest BCUT2D eigenvalue weighted by molar-refractivity contribution is -0.154. The van der Waals surface area contributed by atoms with Gasteiger partial charge in [0.15, 0.2) is 0 Å². The van der Waals surface area contributed by atoms with Gasteiger partial charge in [0.05, 0.1) is 13.2 Å². The molecule has 1 N–H and O–H groups in total. The van der Waals surface area contributed by atoms with E-state index in [9.17, 15) is 9.90 Å². The van der Waals surface area contributed by atoms with E-state index in [2.05, 4.69) is 62.5 Å². The predicted octanol–water partition coefficient (Wildman–Crippen LogP) is 14.7. The number of allylic oxidation sites excluding steroid dienone is 8. The van der Waals surface area contributed by atoms with Crippen LogP contribution in [0.25, 0.3) is 0 Å². The molecule has 0 aliphatic carbocycles. The van der Waals surface area contributed by atoms with Gasteiger partial charge in [-0.05, 0) is 70.6 Å². The van der Waals surface area contributed by atoms with E-state index in [-0.39, 0.29) is 12.6 Å². The molecule has 0 amide bonds. The van der Waals surface area contributed by atoms with Gasteiger partial charge < -0.3 is 14.6 Å². The predicted molar refractivity (Wildman–Crippen MR) is 223 cm³/mol. The molecule has 51 heavy (non-hydrogen) atoms. The van der Waals surface area contributed by atoms with Gasteiger partial charge in [-0.25, -0.2) is 0 Å². The molecule has 4 nitrogen and oxygen atoms in total. The van der Waals surface area contributed by atoms with Gasteiger partial charge in [0.2, 0.25) is 0 Å². The van der Waals surface area contributed by atoms with Crippen LogP contribution in [0.5, 0.6) is 0 Å². The largest absolute Gasteiger partial charge is 0.457 e. The highest BCUT2D eigenvalue weighted by atomic mass is 16.6. The van der Waals surface area contributed by atoms with Gasteiger partial charge in [-0.15, -0.1) is 0 Å². The van der Waals surface area contributed by atoms with Gasteiger partial charge >= 0.3 is 5.97 Å². The summed E-state index contributed by atoms with van der Waals surface area (Å²) >= 11 is 0. The van der Waals surface area contributed by atoms with Gasteiger partial charge in [0.1, 0.15) is 6.10 Å². The molecule has 0 bridgehead atoms. The Morgan fingerprint density at radius 1 is 0.490 bits per heavy atom. The van der Waals surface area contributed by atoms with Crippen LogP contribution < -0.4 is 0 Å². The summed E-state index contributed by atoms with van der Waals surface area (Å²) in [7, 11) is 0. The summed E-state index contributed by atoms with van der Waals surface area (Å²) in [5, 5.41) is 9.61. The molecule has 1 atom stereocenters. The van der Waals surface area contributed by atoms with Gasteiger partial charge in [-0.2, -0.15) is 0 Å². The summed E-state index contributed by atoms with van der Waals surface area (Å²) in [4.78, 5) is 12.2. The van der Waals surface area contributed by atoms with E-state index in [0.29, 0.717) is 19.6 Å². The third-order valence-corrected chi connectivity index (χ3v) is 9.64. The highest BCUT2D eigenvalue weighted by Crippen LogP contribution is 2.14. The minimum absolute atomic E-state index is 0.176. The minimum Gasteiger partial charge on any atom is -0.457 e. The summed E-state index contributed by atoms with van der Waals surface area (Å²) in [5.41, 5.74) is 0. The number of hydrogen-bond donors (Lipinski definition) is 1. The molecule has 0 aliphatic heterocycles. The molecule has 0 heterocycles. The molecule has 0 fully saturated rings. The highest BCUT2D eigenvalue weighted by Gasteiger charge is 2.13. The number of carbonyl (C=O) groups excluding carboxylic acids is 1. The van der Waals surface area contributed by atoms with E-state index >= 15 is 0 Å². The van der Waals surface area contributed by atoms with Crippen LogP contribution in [0.4, 0.5) is 0 Å². The lowest BCUT2D eigenvalue weighted by Gasteiger charge is -2.16. The quantitative estimate of drug-likeness (QED) is 0.0389. The second-order valence-electron chi connectivity index (χ2n) is 14.7. The number of hydrogen-bond acceptors (Lipinski definition) is 4. The van der Waals surface area contributed by atoms with E-state index < -0.39 is 6.10 Å². The van der Waals surface area contributed by atoms with E-state index in [0.717, 1.165) is 38.5 Å². The second kappa shape index (κ2) is 44.5. The van der Waals surface area contributed by atoms with Crippen LogP contribution in [0.1, 0.15) is 219 Å². The van der Waals surface area contributed by atoms with Crippen molar-refractivity contribution in [3.8, 4) is 0 Å². The molecule has 0 aromatic rings. The maximum Gasteiger partial charge on any atom is 0.306 e. The molecule has 0 aliphatic rings. The van der Waals surface area contributed by atoms with Crippen LogP contribution in [-0.2, 0) is 14.3 Å². The van der Waals surface area contributed by atoms with E-state index in [1.807, 2.05) is 0 Å². The Bertz CT molecular complexity index is 798. The number of carbonyl (C=O) groups is 1. The van der Waals surface area contributed by atoms with Crippen molar-refractivity contribution >= 4 is 5.97 Å². The van der Waals surface area contributed by atoms with Crippen LogP contribution in [0.15, 0.2) is 48.6 Å². The lowest BCUT2D eigenvalue weighted by atomic mass is 10.1. The van der Waals surface area contributed by atoms with Crippen molar-refractivity contribution in [3.63, 3.8) is 0 Å². The molecule has 0 aromatic heterocycles. The maximum atomic E-state index is 12.2. The van der Waals surface area contributed by atoms with Crippen molar-refractivity contribution in [2.75, 3.05) is 19.8 Å². The second-order valence-corrected chi connectivity index (χ2v) is 14.7. The third kappa shape index (κ3) is 42.7. The van der Waals surface area contributed by atoms with Crippen LogP contribution in [0.2, 0.25) is 0 Å². The van der Waals surface area contributed by atoms with Crippen molar-refractivity contribution < 1.29 is 19.4 Å². The van der Waals surface area contributed by atoms with E-state index in [1.54, 1.807) is 0 Å². The molecule has 0 spiro atoms. The van der Waals surface area contributed by atoms with Crippen LogP contribution >= 0.6 is 0 Å². The minimum atomic E-state index is -0.541. The zero-order chi connectivity index (χ0) is 37.0. The average molecular weight is 715 g/mol. The Kier molecular flexibility index (Phi) is 43.1. The molecule has 0 saturated carbocycles. The summed E-state index contributed by atoms with van der Waals surface area (Å²) in [6, 6.07) is 0. The first-order valence-electron chi connectivity index (χ1n) is 22.2. The normalized spacial score (nSPS) is 12.8. The molecule has 298 valence electrons. The molecule has 0 aromatic carbocycles. The SMILES string of the molecule is CC/C=C\C/C=C\C/C=C\CCCCCCCCCC(=O)OC(CO)COCCCCCCCCCCCC/C=C\CCCCCCCCCC. The fourth-order valence-corrected chi connectivity index (χ4v) is 6.34. The van der Waals surface area contributed by atoms with Crippen molar-refractivity contribution in [2.24, 2.45) is 0 Å². The lowest BCUT2D eigenvalue weighted by Crippen LogP contribution is -2.27. The van der Waals surface area contributed by atoms with E-state index in [4.69, 9.17) is 9.47 Å². The smallest absolute Gasteiger partial charge is 0.306 e. The number of unbranched alkanes of at least 4 members (excludes halogenated alkanes) is 25. The monoisotopic (exact) mass is 715 g/mol. The summed E-state index contributed by atoms with van der Waals surface area (Å²) in [5.74, 6) is -0.210. The van der Waals surface area contributed by atoms with Crippen molar-refractivity contribution in [1.29, 1.82) is 0 Å². The molecule has 4 heteroatoms.